The molecule has 0 aromatic carbocycles. The molecular formula is C19H35N. The van der Waals surface area contributed by atoms with Crippen LogP contribution >= 0.6 is 0 Å². The Hall–Kier alpha value is -0.0400. The van der Waals surface area contributed by atoms with Gasteiger partial charge in [-0.2, -0.15) is 0 Å². The van der Waals surface area contributed by atoms with E-state index in [9.17, 15) is 0 Å². The van der Waals surface area contributed by atoms with Crippen LogP contribution in [0.4, 0.5) is 0 Å². The van der Waals surface area contributed by atoms with E-state index in [1.165, 1.54) is 64.3 Å². The highest BCUT2D eigenvalue weighted by Gasteiger charge is 2.37. The molecule has 0 aromatic rings. The van der Waals surface area contributed by atoms with Crippen molar-refractivity contribution in [1.82, 2.24) is 5.32 Å². The lowest BCUT2D eigenvalue weighted by Gasteiger charge is -2.43. The van der Waals surface area contributed by atoms with E-state index in [1.807, 2.05) is 0 Å². The highest BCUT2D eigenvalue weighted by Crippen LogP contribution is 2.45. The summed E-state index contributed by atoms with van der Waals surface area (Å²) >= 11 is 0. The van der Waals surface area contributed by atoms with Crippen molar-refractivity contribution in [3.8, 4) is 0 Å². The molecule has 0 bridgehead atoms. The van der Waals surface area contributed by atoms with Crippen LogP contribution in [-0.4, -0.2) is 12.6 Å². The highest BCUT2D eigenvalue weighted by atomic mass is 14.9. The summed E-state index contributed by atoms with van der Waals surface area (Å²) < 4.78 is 0. The van der Waals surface area contributed by atoms with Crippen LogP contribution in [0.2, 0.25) is 0 Å². The van der Waals surface area contributed by atoms with Crippen molar-refractivity contribution < 1.29 is 0 Å². The van der Waals surface area contributed by atoms with E-state index in [1.54, 1.807) is 6.42 Å². The zero-order valence-corrected chi connectivity index (χ0v) is 13.7. The zero-order chi connectivity index (χ0) is 13.9. The van der Waals surface area contributed by atoms with Crippen LogP contribution in [0, 0.1) is 29.6 Å². The monoisotopic (exact) mass is 277 g/mol. The van der Waals surface area contributed by atoms with Gasteiger partial charge in [0.1, 0.15) is 0 Å². The Labute approximate surface area is 126 Å². The first-order valence-corrected chi connectivity index (χ1v) is 9.49. The maximum absolute atomic E-state index is 3.84. The maximum Gasteiger partial charge on any atom is 0.00683 e. The van der Waals surface area contributed by atoms with Crippen LogP contribution in [0.15, 0.2) is 0 Å². The van der Waals surface area contributed by atoms with E-state index >= 15 is 0 Å². The molecule has 0 spiro atoms. The van der Waals surface area contributed by atoms with Crippen LogP contribution < -0.4 is 5.32 Å². The van der Waals surface area contributed by atoms with Gasteiger partial charge in [-0.3, -0.25) is 0 Å². The van der Waals surface area contributed by atoms with E-state index in [4.69, 9.17) is 0 Å². The van der Waals surface area contributed by atoms with Crippen LogP contribution in [-0.2, 0) is 0 Å². The fraction of sp³-hybridized carbons (Fsp3) is 1.00. The van der Waals surface area contributed by atoms with Gasteiger partial charge >= 0.3 is 0 Å². The van der Waals surface area contributed by atoms with Crippen LogP contribution in [0.25, 0.3) is 0 Å². The van der Waals surface area contributed by atoms with Crippen LogP contribution in [0.3, 0.4) is 0 Å². The lowest BCUT2D eigenvalue weighted by Crippen LogP contribution is -2.38. The molecule has 3 saturated carbocycles. The van der Waals surface area contributed by atoms with Gasteiger partial charge in [0, 0.05) is 6.04 Å². The molecule has 0 aliphatic heterocycles. The molecule has 5 atom stereocenters. The summed E-state index contributed by atoms with van der Waals surface area (Å²) in [5, 5.41) is 3.84. The molecule has 0 radical (unpaired) electrons. The van der Waals surface area contributed by atoms with Crippen molar-refractivity contribution in [3.63, 3.8) is 0 Å². The van der Waals surface area contributed by atoms with Crippen molar-refractivity contribution in [1.29, 1.82) is 0 Å². The van der Waals surface area contributed by atoms with Crippen LogP contribution in [0.5, 0.6) is 0 Å². The first-order valence-electron chi connectivity index (χ1n) is 9.49. The fourth-order valence-corrected chi connectivity index (χ4v) is 5.04. The second-order valence-electron chi connectivity index (χ2n) is 8.23. The average Bonchev–Trinajstić information content (AvgIpc) is 3.29. The summed E-state index contributed by atoms with van der Waals surface area (Å²) in [5.41, 5.74) is 0. The summed E-state index contributed by atoms with van der Waals surface area (Å²) in [4.78, 5) is 0. The maximum atomic E-state index is 3.84. The lowest BCUT2D eigenvalue weighted by molar-refractivity contribution is 0.0806. The fourth-order valence-electron chi connectivity index (χ4n) is 5.04. The Morgan fingerprint density at radius 3 is 2.50 bits per heavy atom. The van der Waals surface area contributed by atoms with E-state index in [2.05, 4.69) is 19.2 Å². The summed E-state index contributed by atoms with van der Waals surface area (Å²) in [6.45, 7) is 6.23. The number of nitrogens with one attached hydrogen (secondary N) is 1. The summed E-state index contributed by atoms with van der Waals surface area (Å²) in [7, 11) is 0. The Morgan fingerprint density at radius 2 is 1.80 bits per heavy atom. The minimum absolute atomic E-state index is 0.893. The summed E-state index contributed by atoms with van der Waals surface area (Å²) in [5.74, 6) is 5.12. The third-order valence-corrected chi connectivity index (χ3v) is 6.56. The molecular weight excluding hydrogens is 242 g/mol. The van der Waals surface area contributed by atoms with Crippen molar-refractivity contribution in [2.45, 2.75) is 84.1 Å². The van der Waals surface area contributed by atoms with Gasteiger partial charge in [0.05, 0.1) is 0 Å². The van der Waals surface area contributed by atoms with Gasteiger partial charge in [0.15, 0.2) is 0 Å². The van der Waals surface area contributed by atoms with E-state index < -0.39 is 0 Å². The minimum atomic E-state index is 0.893. The second-order valence-corrected chi connectivity index (χ2v) is 8.23. The van der Waals surface area contributed by atoms with Crippen molar-refractivity contribution >= 4 is 0 Å². The van der Waals surface area contributed by atoms with Gasteiger partial charge in [0.2, 0.25) is 0 Å². The number of hydrogen-bond acceptors (Lipinski definition) is 1. The van der Waals surface area contributed by atoms with Gasteiger partial charge in [0.25, 0.3) is 0 Å². The molecule has 0 saturated heterocycles. The molecule has 1 heteroatoms. The van der Waals surface area contributed by atoms with Crippen molar-refractivity contribution in [2.24, 2.45) is 29.6 Å². The molecule has 20 heavy (non-hydrogen) atoms. The Kier molecular flexibility index (Phi) is 5.07. The Morgan fingerprint density at radius 1 is 0.950 bits per heavy atom. The topological polar surface area (TPSA) is 12.0 Å². The van der Waals surface area contributed by atoms with E-state index in [0.29, 0.717) is 0 Å². The minimum Gasteiger partial charge on any atom is -0.314 e. The predicted octanol–water partition coefficient (Wildman–Crippen LogP) is 5.01. The molecule has 5 unspecified atom stereocenters. The zero-order valence-electron chi connectivity index (χ0n) is 13.7. The van der Waals surface area contributed by atoms with Crippen molar-refractivity contribution in [3.05, 3.63) is 0 Å². The SMILES string of the molecule is CCC1CCC(CNC2CC2)C(C2CCCC(C)C2)C1. The highest BCUT2D eigenvalue weighted by molar-refractivity contribution is 4.89. The lowest BCUT2D eigenvalue weighted by atomic mass is 9.63. The Balaban J connectivity index is 1.60. The molecule has 0 heterocycles. The smallest absolute Gasteiger partial charge is 0.00683 e. The first kappa shape index (κ1) is 14.9. The average molecular weight is 277 g/mol. The Bertz CT molecular complexity index is 296. The molecule has 3 aliphatic carbocycles. The van der Waals surface area contributed by atoms with E-state index in [0.717, 1.165) is 35.6 Å². The molecule has 3 rings (SSSR count). The van der Waals surface area contributed by atoms with Gasteiger partial charge in [-0.05, 0) is 68.2 Å². The number of rotatable bonds is 5. The summed E-state index contributed by atoms with van der Waals surface area (Å²) in [6, 6.07) is 0.893. The predicted molar refractivity (Wildman–Crippen MR) is 86.8 cm³/mol. The molecule has 1 N–H and O–H groups in total. The van der Waals surface area contributed by atoms with Crippen molar-refractivity contribution in [2.75, 3.05) is 6.54 Å². The molecule has 1 nitrogen and oxygen atoms in total. The molecule has 0 aromatic heterocycles. The van der Waals surface area contributed by atoms with Gasteiger partial charge < -0.3 is 5.32 Å². The van der Waals surface area contributed by atoms with Crippen LogP contribution in [0.1, 0.15) is 78.1 Å². The third-order valence-electron chi connectivity index (χ3n) is 6.56. The van der Waals surface area contributed by atoms with Gasteiger partial charge in [-0.15, -0.1) is 0 Å². The third kappa shape index (κ3) is 3.78. The second kappa shape index (κ2) is 6.81. The molecule has 3 fully saturated rings. The quantitative estimate of drug-likeness (QED) is 0.745. The number of hydrogen-bond donors (Lipinski definition) is 1. The molecule has 3 aliphatic rings. The van der Waals surface area contributed by atoms with Gasteiger partial charge in [-0.1, -0.05) is 46.0 Å². The molecule has 116 valence electrons. The first-order chi connectivity index (χ1) is 9.76. The van der Waals surface area contributed by atoms with E-state index in [-0.39, 0.29) is 0 Å². The van der Waals surface area contributed by atoms with Gasteiger partial charge in [-0.25, -0.2) is 0 Å². The summed E-state index contributed by atoms with van der Waals surface area (Å²) in [6.07, 6.45) is 14.9. The standard InChI is InChI=1S/C19H35N/c1-3-15-7-8-17(13-20-18-9-10-18)19(12-15)16-6-4-5-14(2)11-16/h14-20H,3-13H2,1-2H3. The largest absolute Gasteiger partial charge is 0.314 e. The normalized spacial score (nSPS) is 42.6. The molecule has 0 amide bonds.